The smallest absolute Gasteiger partial charge is 0.391 e. The number of amides is 1. The molecule has 0 aromatic heterocycles. The Morgan fingerprint density at radius 2 is 1.94 bits per heavy atom. The Balaban J connectivity index is 1.96. The van der Waals surface area contributed by atoms with Gasteiger partial charge >= 0.3 is 6.18 Å². The molecule has 3 N–H and O–H groups in total. The molecule has 1 saturated carbocycles. The van der Waals surface area contributed by atoms with Crippen molar-refractivity contribution >= 4 is 23.5 Å². The molecule has 1 amide bonds. The molecule has 3 atom stereocenters. The highest BCUT2D eigenvalue weighted by Crippen LogP contribution is 2.48. The van der Waals surface area contributed by atoms with E-state index >= 15 is 0 Å². The highest BCUT2D eigenvalue weighted by atomic mass is 32.2. The number of rotatable bonds is 5. The summed E-state index contributed by atoms with van der Waals surface area (Å²) in [6, 6.07) is 8.71. The number of hydrogen-bond donors (Lipinski definition) is 2. The van der Waals surface area contributed by atoms with Crippen LogP contribution in [-0.4, -0.2) is 19.2 Å². The first-order valence-corrected chi connectivity index (χ1v) is 10.4. The van der Waals surface area contributed by atoms with Crippen LogP contribution in [0.3, 0.4) is 0 Å². The van der Waals surface area contributed by atoms with E-state index < -0.39 is 53.6 Å². The molecule has 31 heavy (non-hydrogen) atoms. The van der Waals surface area contributed by atoms with E-state index in [0.29, 0.717) is 10.6 Å². The minimum atomic E-state index is -4.46. The zero-order chi connectivity index (χ0) is 22.8. The summed E-state index contributed by atoms with van der Waals surface area (Å²) in [5.41, 5.74) is 0.555. The highest BCUT2D eigenvalue weighted by molar-refractivity contribution is 7.97. The van der Waals surface area contributed by atoms with Crippen molar-refractivity contribution in [1.29, 1.82) is 0 Å². The van der Waals surface area contributed by atoms with Crippen LogP contribution in [0.25, 0.3) is 0 Å². The molecule has 10 heteroatoms. The fourth-order valence-corrected chi connectivity index (χ4v) is 4.41. The topological polar surface area (TPSA) is 64.3 Å². The Kier molecular flexibility index (Phi) is 7.10. The summed E-state index contributed by atoms with van der Waals surface area (Å²) < 4.78 is 73.1. The minimum absolute atomic E-state index is 0.0254. The van der Waals surface area contributed by atoms with Crippen LogP contribution in [-0.2, 0) is 4.79 Å². The van der Waals surface area contributed by atoms with E-state index in [0.717, 1.165) is 25.1 Å². The van der Waals surface area contributed by atoms with E-state index in [1.807, 2.05) is 0 Å². The highest BCUT2D eigenvalue weighted by Gasteiger charge is 2.47. The number of nitrogens with one attached hydrogen (secondary N) is 1. The third-order valence-corrected chi connectivity index (χ3v) is 6.10. The molecular formula is C21H21F5N2O2S. The van der Waals surface area contributed by atoms with Gasteiger partial charge in [-0.15, -0.1) is 0 Å². The van der Waals surface area contributed by atoms with Crippen molar-refractivity contribution in [2.24, 2.45) is 17.0 Å². The summed E-state index contributed by atoms with van der Waals surface area (Å²) in [4.78, 5) is 13.7. The largest absolute Gasteiger partial charge is 0.493 e. The maximum absolute atomic E-state index is 14.2. The predicted octanol–water partition coefficient (Wildman–Crippen LogP) is 5.64. The van der Waals surface area contributed by atoms with Crippen molar-refractivity contribution in [3.63, 3.8) is 0 Å². The molecule has 1 fully saturated rings. The fraction of sp³-hybridized carbons (Fsp3) is 0.381. The van der Waals surface area contributed by atoms with E-state index in [2.05, 4.69) is 5.32 Å². The van der Waals surface area contributed by atoms with Gasteiger partial charge in [0, 0.05) is 22.1 Å². The Morgan fingerprint density at radius 1 is 1.19 bits per heavy atom. The summed E-state index contributed by atoms with van der Waals surface area (Å²) >= 11 is 0.961. The third-order valence-electron chi connectivity index (χ3n) is 5.57. The molecular weight excluding hydrogens is 439 g/mol. The lowest BCUT2D eigenvalue weighted by atomic mass is 9.70. The first-order valence-electron chi connectivity index (χ1n) is 9.52. The fourth-order valence-electron chi connectivity index (χ4n) is 4.06. The molecule has 0 heterocycles. The van der Waals surface area contributed by atoms with E-state index in [1.54, 1.807) is 24.3 Å². The van der Waals surface area contributed by atoms with Gasteiger partial charge in [0.05, 0.1) is 13.0 Å². The molecule has 4 nitrogen and oxygen atoms in total. The van der Waals surface area contributed by atoms with Crippen molar-refractivity contribution in [1.82, 2.24) is 0 Å². The van der Waals surface area contributed by atoms with Gasteiger partial charge in [0.25, 0.3) is 0 Å². The second-order valence-corrected chi connectivity index (χ2v) is 8.09. The van der Waals surface area contributed by atoms with Gasteiger partial charge in [0.1, 0.15) is 0 Å². The van der Waals surface area contributed by atoms with E-state index in [9.17, 15) is 26.7 Å². The van der Waals surface area contributed by atoms with Gasteiger partial charge in [-0.2, -0.15) is 17.6 Å². The Labute approximate surface area is 180 Å². The average Bonchev–Trinajstić information content (AvgIpc) is 2.74. The van der Waals surface area contributed by atoms with Gasteiger partial charge in [0.15, 0.2) is 11.6 Å². The number of anilines is 1. The van der Waals surface area contributed by atoms with E-state index in [1.165, 1.54) is 6.07 Å². The number of hydrogen-bond acceptors (Lipinski definition) is 4. The molecule has 3 rings (SSSR count). The summed E-state index contributed by atoms with van der Waals surface area (Å²) in [5.74, 6) is -6.95. The van der Waals surface area contributed by atoms with Crippen molar-refractivity contribution in [2.45, 2.75) is 36.3 Å². The molecule has 1 aliphatic rings. The van der Waals surface area contributed by atoms with Crippen LogP contribution in [0.1, 0.15) is 30.7 Å². The van der Waals surface area contributed by atoms with Crippen molar-refractivity contribution in [3.8, 4) is 5.75 Å². The molecule has 0 aliphatic heterocycles. The molecule has 0 bridgehead atoms. The molecule has 2 aromatic rings. The van der Waals surface area contributed by atoms with Crippen LogP contribution in [0, 0.1) is 23.5 Å². The molecule has 168 valence electrons. The monoisotopic (exact) mass is 460 g/mol. The van der Waals surface area contributed by atoms with Gasteiger partial charge in [0.2, 0.25) is 11.7 Å². The number of carbonyl (C=O) groups excluding carboxylic acids is 1. The Bertz CT molecular complexity index is 954. The van der Waals surface area contributed by atoms with Crippen LogP contribution in [0.15, 0.2) is 41.3 Å². The SMILES string of the molecule is COc1c([C@@H]2CC[C@H](C(F)(F)F)CC2C(=O)Nc2cccc(SN)c2)ccc(F)c1F. The van der Waals surface area contributed by atoms with Crippen LogP contribution in [0.4, 0.5) is 27.6 Å². The van der Waals surface area contributed by atoms with Gasteiger partial charge in [-0.3, -0.25) is 9.93 Å². The first-order chi connectivity index (χ1) is 14.7. The number of carbonyl (C=O) groups is 1. The molecule has 0 spiro atoms. The number of benzene rings is 2. The third kappa shape index (κ3) is 5.12. The molecule has 1 unspecified atom stereocenters. The zero-order valence-electron chi connectivity index (χ0n) is 16.5. The van der Waals surface area contributed by atoms with Gasteiger partial charge in [-0.05, 0) is 61.4 Å². The zero-order valence-corrected chi connectivity index (χ0v) is 17.3. The number of nitrogens with two attached hydrogens (primary N) is 1. The second kappa shape index (κ2) is 9.44. The quantitative estimate of drug-likeness (QED) is 0.448. The van der Waals surface area contributed by atoms with Crippen LogP contribution >= 0.6 is 11.9 Å². The Morgan fingerprint density at radius 3 is 2.58 bits per heavy atom. The predicted molar refractivity (Wildman–Crippen MR) is 108 cm³/mol. The maximum Gasteiger partial charge on any atom is 0.391 e. The van der Waals surface area contributed by atoms with Crippen molar-refractivity contribution < 1.29 is 31.5 Å². The van der Waals surface area contributed by atoms with Crippen molar-refractivity contribution in [3.05, 3.63) is 53.6 Å². The maximum atomic E-state index is 14.2. The first kappa shape index (κ1) is 23.3. The normalized spacial score (nSPS) is 21.6. The summed E-state index contributed by atoms with van der Waals surface area (Å²) in [5, 5.41) is 8.15. The lowest BCUT2D eigenvalue weighted by Crippen LogP contribution is -2.38. The number of alkyl halides is 3. The molecule has 0 saturated heterocycles. The lowest BCUT2D eigenvalue weighted by molar-refractivity contribution is -0.187. The van der Waals surface area contributed by atoms with Gasteiger partial charge in [-0.1, -0.05) is 12.1 Å². The summed E-state index contributed by atoms with van der Waals surface area (Å²) in [6.07, 6.45) is -5.17. The lowest BCUT2D eigenvalue weighted by Gasteiger charge is -2.37. The summed E-state index contributed by atoms with van der Waals surface area (Å²) in [6.45, 7) is 0. The van der Waals surface area contributed by atoms with Gasteiger partial charge < -0.3 is 10.1 Å². The number of methoxy groups -OCH3 is 1. The van der Waals surface area contributed by atoms with Crippen LogP contribution in [0.2, 0.25) is 0 Å². The van der Waals surface area contributed by atoms with E-state index in [4.69, 9.17) is 9.88 Å². The molecule has 2 aromatic carbocycles. The number of ether oxygens (including phenoxy) is 1. The average molecular weight is 460 g/mol. The second-order valence-electron chi connectivity index (χ2n) is 7.38. The molecule has 1 aliphatic carbocycles. The van der Waals surface area contributed by atoms with Crippen LogP contribution in [0.5, 0.6) is 5.75 Å². The minimum Gasteiger partial charge on any atom is -0.493 e. The molecule has 0 radical (unpaired) electrons. The standard InChI is InChI=1S/C21H21F5N2O2S/c1-30-19-15(7-8-17(22)18(19)23)14-6-5-11(21(24,25)26)9-16(14)20(29)28-12-3-2-4-13(10-12)31-27/h2-4,7-8,10-11,14,16H,5-6,9,27H2,1H3,(H,28,29)/t11-,14-,16?/m0/s1. The summed E-state index contributed by atoms with van der Waals surface area (Å²) in [7, 11) is 1.15. The van der Waals surface area contributed by atoms with E-state index in [-0.39, 0.29) is 18.4 Å². The van der Waals surface area contributed by atoms with Crippen LogP contribution < -0.4 is 15.2 Å². The Hall–Kier alpha value is -2.33. The number of halogens is 5. The van der Waals surface area contributed by atoms with Gasteiger partial charge in [-0.25, -0.2) is 4.39 Å². The van der Waals surface area contributed by atoms with Crippen molar-refractivity contribution in [2.75, 3.05) is 12.4 Å².